The number of halogens is 3. The van der Waals surface area contributed by atoms with Crippen molar-refractivity contribution in [2.24, 2.45) is 0 Å². The van der Waals surface area contributed by atoms with E-state index in [-0.39, 0.29) is 13.0 Å². The van der Waals surface area contributed by atoms with Crippen LogP contribution in [-0.4, -0.2) is 17.6 Å². The third kappa shape index (κ3) is 4.17. The standard InChI is InChI=1S/C17H18F3NO3/c1-10-9-13(11(2)24-10)15(22)7-8-21-16(23)12-5-3-4-6-14(12)17(18,19)20/h3-6,9,15,22H,7-8H2,1-2H3,(H,21,23)/t15-/m1/s1. The van der Waals surface area contributed by atoms with Gasteiger partial charge in [0.2, 0.25) is 0 Å². The summed E-state index contributed by atoms with van der Waals surface area (Å²) in [6.45, 7) is 3.50. The lowest BCUT2D eigenvalue weighted by molar-refractivity contribution is -0.137. The van der Waals surface area contributed by atoms with E-state index in [1.807, 2.05) is 0 Å². The van der Waals surface area contributed by atoms with Crippen LogP contribution in [0.1, 0.15) is 45.5 Å². The fourth-order valence-electron chi connectivity index (χ4n) is 2.48. The van der Waals surface area contributed by atoms with Gasteiger partial charge in [0.05, 0.1) is 17.2 Å². The minimum absolute atomic E-state index is 0.0376. The molecule has 2 aromatic rings. The molecular formula is C17H18F3NO3. The number of nitrogens with one attached hydrogen (secondary N) is 1. The Hall–Kier alpha value is -2.28. The molecule has 4 nitrogen and oxygen atoms in total. The molecular weight excluding hydrogens is 323 g/mol. The van der Waals surface area contributed by atoms with Gasteiger partial charge in [-0.05, 0) is 38.5 Å². The monoisotopic (exact) mass is 341 g/mol. The van der Waals surface area contributed by atoms with Gasteiger partial charge in [0.1, 0.15) is 11.5 Å². The van der Waals surface area contributed by atoms with Crippen LogP contribution in [0.3, 0.4) is 0 Å². The average molecular weight is 341 g/mol. The highest BCUT2D eigenvalue weighted by atomic mass is 19.4. The lowest BCUT2D eigenvalue weighted by atomic mass is 10.1. The number of benzene rings is 1. The molecule has 2 rings (SSSR count). The zero-order chi connectivity index (χ0) is 17.9. The van der Waals surface area contributed by atoms with Crippen molar-refractivity contribution in [3.05, 3.63) is 58.5 Å². The molecule has 7 heteroatoms. The second-order valence-corrected chi connectivity index (χ2v) is 5.47. The minimum atomic E-state index is -4.60. The van der Waals surface area contributed by atoms with Crippen LogP contribution < -0.4 is 5.32 Å². The molecule has 0 aliphatic carbocycles. The second kappa shape index (κ2) is 7.09. The Kier molecular flexibility index (Phi) is 5.33. The Bertz CT molecular complexity index is 722. The van der Waals surface area contributed by atoms with Crippen molar-refractivity contribution in [1.82, 2.24) is 5.32 Å². The van der Waals surface area contributed by atoms with E-state index in [0.29, 0.717) is 17.1 Å². The highest BCUT2D eigenvalue weighted by Gasteiger charge is 2.34. The number of hydrogen-bond acceptors (Lipinski definition) is 3. The number of alkyl halides is 3. The summed E-state index contributed by atoms with van der Waals surface area (Å²) in [6, 6.07) is 6.28. The van der Waals surface area contributed by atoms with Crippen LogP contribution in [0.5, 0.6) is 0 Å². The van der Waals surface area contributed by atoms with Gasteiger partial charge in [0.25, 0.3) is 5.91 Å². The summed E-state index contributed by atoms with van der Waals surface area (Å²) in [7, 11) is 0. The zero-order valence-corrected chi connectivity index (χ0v) is 13.3. The van der Waals surface area contributed by atoms with Gasteiger partial charge >= 0.3 is 6.18 Å². The molecule has 0 unspecified atom stereocenters. The van der Waals surface area contributed by atoms with Crippen LogP contribution in [0.25, 0.3) is 0 Å². The van der Waals surface area contributed by atoms with Gasteiger partial charge in [-0.15, -0.1) is 0 Å². The van der Waals surface area contributed by atoms with E-state index >= 15 is 0 Å². The summed E-state index contributed by atoms with van der Waals surface area (Å²) < 4.78 is 44.0. The Morgan fingerprint density at radius 3 is 2.54 bits per heavy atom. The summed E-state index contributed by atoms with van der Waals surface area (Å²) in [5.41, 5.74) is -0.809. The van der Waals surface area contributed by atoms with Crippen molar-refractivity contribution in [3.8, 4) is 0 Å². The highest BCUT2D eigenvalue weighted by molar-refractivity contribution is 5.95. The maximum atomic E-state index is 12.9. The Labute approximate surface area is 137 Å². The Morgan fingerprint density at radius 1 is 1.29 bits per heavy atom. The molecule has 2 N–H and O–H groups in total. The Morgan fingerprint density at radius 2 is 1.96 bits per heavy atom. The lowest BCUT2D eigenvalue weighted by Crippen LogP contribution is -2.28. The third-order valence-corrected chi connectivity index (χ3v) is 3.62. The first-order valence-electron chi connectivity index (χ1n) is 7.39. The molecule has 0 saturated heterocycles. The molecule has 1 atom stereocenters. The number of aryl methyl sites for hydroxylation is 2. The minimum Gasteiger partial charge on any atom is -0.466 e. The number of carbonyl (C=O) groups is 1. The topological polar surface area (TPSA) is 62.5 Å². The molecule has 0 radical (unpaired) electrons. The molecule has 0 bridgehead atoms. The van der Waals surface area contributed by atoms with Gasteiger partial charge in [0.15, 0.2) is 0 Å². The van der Waals surface area contributed by atoms with Crippen LogP contribution in [0.2, 0.25) is 0 Å². The van der Waals surface area contributed by atoms with Crippen molar-refractivity contribution < 1.29 is 27.5 Å². The molecule has 24 heavy (non-hydrogen) atoms. The first-order chi connectivity index (χ1) is 11.2. The second-order valence-electron chi connectivity index (χ2n) is 5.47. The SMILES string of the molecule is Cc1cc([C@H](O)CCNC(=O)c2ccccc2C(F)(F)F)c(C)o1. The number of amides is 1. The predicted octanol–water partition coefficient (Wildman–Crippen LogP) is 3.77. The molecule has 0 aliphatic rings. The lowest BCUT2D eigenvalue weighted by Gasteiger charge is -2.14. The van der Waals surface area contributed by atoms with Crippen molar-refractivity contribution in [1.29, 1.82) is 0 Å². The number of rotatable bonds is 5. The summed E-state index contributed by atoms with van der Waals surface area (Å²) >= 11 is 0. The van der Waals surface area contributed by atoms with E-state index < -0.39 is 29.3 Å². The van der Waals surface area contributed by atoms with Crippen LogP contribution in [0.15, 0.2) is 34.7 Å². The van der Waals surface area contributed by atoms with Gasteiger partial charge in [-0.25, -0.2) is 0 Å². The van der Waals surface area contributed by atoms with Crippen molar-refractivity contribution in [2.45, 2.75) is 32.5 Å². The van der Waals surface area contributed by atoms with E-state index in [4.69, 9.17) is 4.42 Å². The highest BCUT2D eigenvalue weighted by Crippen LogP contribution is 2.31. The number of carbonyl (C=O) groups excluding carboxylic acids is 1. The van der Waals surface area contributed by atoms with Crippen molar-refractivity contribution >= 4 is 5.91 Å². The van der Waals surface area contributed by atoms with Crippen molar-refractivity contribution in [3.63, 3.8) is 0 Å². The molecule has 1 amide bonds. The van der Waals surface area contributed by atoms with E-state index in [2.05, 4.69) is 5.32 Å². The van der Waals surface area contributed by atoms with Crippen molar-refractivity contribution in [2.75, 3.05) is 6.54 Å². The molecule has 1 aromatic heterocycles. The van der Waals surface area contributed by atoms with E-state index in [1.165, 1.54) is 12.1 Å². The molecule has 1 heterocycles. The first kappa shape index (κ1) is 18.1. The van der Waals surface area contributed by atoms with Gasteiger partial charge in [0, 0.05) is 12.1 Å². The molecule has 0 saturated carbocycles. The summed E-state index contributed by atoms with van der Waals surface area (Å²) in [5, 5.41) is 12.5. The first-order valence-corrected chi connectivity index (χ1v) is 7.39. The van der Waals surface area contributed by atoms with Crippen LogP contribution in [-0.2, 0) is 6.18 Å². The summed E-state index contributed by atoms with van der Waals surface area (Å²) in [4.78, 5) is 12.0. The molecule has 0 spiro atoms. The zero-order valence-electron chi connectivity index (χ0n) is 13.3. The number of furan rings is 1. The predicted molar refractivity (Wildman–Crippen MR) is 81.5 cm³/mol. The van der Waals surface area contributed by atoms with Gasteiger partial charge in [-0.3, -0.25) is 4.79 Å². The van der Waals surface area contributed by atoms with E-state index in [9.17, 15) is 23.1 Å². The average Bonchev–Trinajstić information content (AvgIpc) is 2.85. The number of hydrogen-bond donors (Lipinski definition) is 2. The summed E-state index contributed by atoms with van der Waals surface area (Å²) in [5.74, 6) is 0.411. The molecule has 0 aliphatic heterocycles. The fourth-order valence-corrected chi connectivity index (χ4v) is 2.48. The molecule has 1 aromatic carbocycles. The van der Waals surface area contributed by atoms with Gasteiger partial charge in [-0.2, -0.15) is 13.2 Å². The largest absolute Gasteiger partial charge is 0.466 e. The molecule has 130 valence electrons. The maximum absolute atomic E-state index is 12.9. The smallest absolute Gasteiger partial charge is 0.417 e. The van der Waals surface area contributed by atoms with Crippen LogP contribution >= 0.6 is 0 Å². The van der Waals surface area contributed by atoms with E-state index in [0.717, 1.165) is 12.1 Å². The van der Waals surface area contributed by atoms with Crippen LogP contribution in [0.4, 0.5) is 13.2 Å². The van der Waals surface area contributed by atoms with Crippen LogP contribution in [0, 0.1) is 13.8 Å². The van der Waals surface area contributed by atoms with Gasteiger partial charge in [-0.1, -0.05) is 12.1 Å². The van der Waals surface area contributed by atoms with E-state index in [1.54, 1.807) is 19.9 Å². The fraction of sp³-hybridized carbons (Fsp3) is 0.353. The quantitative estimate of drug-likeness (QED) is 0.870. The number of aliphatic hydroxyl groups excluding tert-OH is 1. The maximum Gasteiger partial charge on any atom is 0.417 e. The Balaban J connectivity index is 1.98. The number of aliphatic hydroxyl groups is 1. The van der Waals surface area contributed by atoms with Gasteiger partial charge < -0.3 is 14.8 Å². The third-order valence-electron chi connectivity index (χ3n) is 3.62. The summed E-state index contributed by atoms with van der Waals surface area (Å²) in [6.07, 6.45) is -5.29. The normalized spacial score (nSPS) is 12.9. The molecule has 0 fully saturated rings.